The van der Waals surface area contributed by atoms with Gasteiger partial charge in [-0.3, -0.25) is 9.59 Å². The van der Waals surface area contributed by atoms with Crippen LogP contribution in [0.4, 0.5) is 13.6 Å². The molecule has 2 aromatic rings. The van der Waals surface area contributed by atoms with Crippen LogP contribution in [0, 0.1) is 17.8 Å². The number of ether oxygens (including phenoxy) is 1. The molecule has 35 heavy (non-hydrogen) atoms. The Balaban J connectivity index is 1.37. The van der Waals surface area contributed by atoms with Gasteiger partial charge in [-0.25, -0.2) is 13.6 Å². The van der Waals surface area contributed by atoms with Crippen LogP contribution >= 0.6 is 0 Å². The monoisotopic (exact) mass is 486 g/mol. The van der Waals surface area contributed by atoms with Crippen molar-refractivity contribution in [3.63, 3.8) is 0 Å². The molecule has 1 fully saturated rings. The molecule has 4 rings (SSSR count). The van der Waals surface area contributed by atoms with Crippen molar-refractivity contribution in [2.45, 2.75) is 38.2 Å². The maximum atomic E-state index is 13.6. The molecule has 4 unspecified atom stereocenters. The van der Waals surface area contributed by atoms with Gasteiger partial charge in [0.25, 0.3) is 5.92 Å². The van der Waals surface area contributed by atoms with E-state index in [1.165, 1.54) is 0 Å². The van der Waals surface area contributed by atoms with Gasteiger partial charge in [0.2, 0.25) is 5.91 Å². The Morgan fingerprint density at radius 1 is 1.06 bits per heavy atom. The smallest absolute Gasteiger partial charge is 0.407 e. The van der Waals surface area contributed by atoms with Gasteiger partial charge in [0.05, 0.1) is 5.92 Å². The average Bonchev–Trinajstić information content (AvgIpc) is 3.26. The van der Waals surface area contributed by atoms with Crippen LogP contribution in [-0.2, 0) is 14.3 Å². The summed E-state index contributed by atoms with van der Waals surface area (Å²) in [5.41, 5.74) is 4.28. The van der Waals surface area contributed by atoms with Gasteiger partial charge >= 0.3 is 12.1 Å². The molecule has 7 nitrogen and oxygen atoms in total. The molecule has 9 heteroatoms. The van der Waals surface area contributed by atoms with Crippen LogP contribution in [-0.4, -0.2) is 48.2 Å². The van der Waals surface area contributed by atoms with Crippen LogP contribution in [0.15, 0.2) is 48.5 Å². The Bertz CT molecular complexity index is 1090. The van der Waals surface area contributed by atoms with E-state index in [9.17, 15) is 23.2 Å². The molecule has 2 amide bonds. The van der Waals surface area contributed by atoms with Gasteiger partial charge in [-0.2, -0.15) is 0 Å². The Morgan fingerprint density at radius 2 is 1.63 bits per heavy atom. The fraction of sp³-hybridized carbons (Fsp3) is 0.423. The Labute approximate surface area is 201 Å². The summed E-state index contributed by atoms with van der Waals surface area (Å²) >= 11 is 0. The zero-order valence-corrected chi connectivity index (χ0v) is 19.5. The minimum absolute atomic E-state index is 0.0727. The normalized spacial score (nSPS) is 21.3. The first kappa shape index (κ1) is 24.6. The van der Waals surface area contributed by atoms with Crippen LogP contribution in [0.25, 0.3) is 11.1 Å². The van der Waals surface area contributed by atoms with Crippen molar-refractivity contribution in [2.75, 3.05) is 13.2 Å². The number of benzene rings is 2. The Morgan fingerprint density at radius 3 is 2.14 bits per heavy atom. The summed E-state index contributed by atoms with van der Waals surface area (Å²) in [7, 11) is 0. The molecule has 1 saturated carbocycles. The molecule has 0 aromatic heterocycles. The lowest BCUT2D eigenvalue weighted by atomic mass is 9.98. The Kier molecular flexibility index (Phi) is 6.78. The molecule has 0 heterocycles. The maximum Gasteiger partial charge on any atom is 0.407 e. The highest BCUT2D eigenvalue weighted by Gasteiger charge is 2.72. The molecule has 0 spiro atoms. The third-order valence-electron chi connectivity index (χ3n) is 7.08. The SMILES string of the molecule is CCC(C)C(NC(=O)OCC1c2ccccc2-c2ccccc21)C(=O)NCC1C(C(=O)O)C1(F)F. The van der Waals surface area contributed by atoms with Crippen LogP contribution in [0.1, 0.15) is 37.3 Å². The zero-order valence-electron chi connectivity index (χ0n) is 19.5. The standard InChI is InChI=1S/C26H28F2N2O5/c1-3-14(2)22(23(31)29-12-20-21(24(32)33)26(20,27)28)30-25(34)35-13-19-17-10-6-4-8-15(17)16-9-5-7-11-18(16)19/h4-11,14,19-22H,3,12-13H2,1-2H3,(H,29,31)(H,30,34)(H,32,33). The van der Waals surface area contributed by atoms with E-state index in [0.717, 1.165) is 22.3 Å². The van der Waals surface area contributed by atoms with E-state index in [4.69, 9.17) is 9.84 Å². The fourth-order valence-electron chi connectivity index (χ4n) is 4.77. The zero-order chi connectivity index (χ0) is 25.3. The number of carboxylic acids is 1. The number of nitrogens with one attached hydrogen (secondary N) is 2. The summed E-state index contributed by atoms with van der Waals surface area (Å²) in [6, 6.07) is 14.8. The molecule has 4 atom stereocenters. The van der Waals surface area contributed by atoms with Gasteiger partial charge < -0.3 is 20.5 Å². The van der Waals surface area contributed by atoms with Gasteiger partial charge in [-0.05, 0) is 28.2 Å². The minimum atomic E-state index is -3.36. The van der Waals surface area contributed by atoms with E-state index >= 15 is 0 Å². The highest BCUT2D eigenvalue weighted by Crippen LogP contribution is 2.54. The summed E-state index contributed by atoms with van der Waals surface area (Å²) < 4.78 is 32.8. The van der Waals surface area contributed by atoms with E-state index in [1.807, 2.05) is 55.5 Å². The predicted molar refractivity (Wildman–Crippen MR) is 124 cm³/mol. The quantitative estimate of drug-likeness (QED) is 0.497. The van der Waals surface area contributed by atoms with Crippen molar-refractivity contribution in [3.8, 4) is 11.1 Å². The highest BCUT2D eigenvalue weighted by atomic mass is 19.3. The van der Waals surface area contributed by atoms with Crippen molar-refractivity contribution < 1.29 is 33.0 Å². The Hall–Kier alpha value is -3.49. The van der Waals surface area contributed by atoms with E-state index in [1.54, 1.807) is 6.92 Å². The number of fused-ring (bicyclic) bond motifs is 3. The first-order valence-electron chi connectivity index (χ1n) is 11.7. The highest BCUT2D eigenvalue weighted by molar-refractivity contribution is 5.86. The third-order valence-corrected chi connectivity index (χ3v) is 7.08. The number of carbonyl (C=O) groups excluding carboxylic acids is 2. The summed E-state index contributed by atoms with van der Waals surface area (Å²) in [4.78, 5) is 36.3. The molecule has 186 valence electrons. The second-order valence-corrected chi connectivity index (χ2v) is 9.18. The summed E-state index contributed by atoms with van der Waals surface area (Å²) in [6.45, 7) is 3.17. The van der Waals surface area contributed by atoms with E-state index in [-0.39, 0.29) is 18.4 Å². The summed E-state index contributed by atoms with van der Waals surface area (Å²) in [6.07, 6.45) is -0.244. The van der Waals surface area contributed by atoms with Crippen molar-refractivity contribution >= 4 is 18.0 Å². The van der Waals surface area contributed by atoms with Gasteiger partial charge in [-0.1, -0.05) is 68.8 Å². The van der Waals surface area contributed by atoms with Crippen molar-refractivity contribution in [3.05, 3.63) is 59.7 Å². The second-order valence-electron chi connectivity index (χ2n) is 9.18. The fourth-order valence-corrected chi connectivity index (χ4v) is 4.77. The number of aliphatic carboxylic acids is 1. The van der Waals surface area contributed by atoms with Gasteiger partial charge in [-0.15, -0.1) is 0 Å². The molecule has 3 N–H and O–H groups in total. The van der Waals surface area contributed by atoms with E-state index in [2.05, 4.69) is 10.6 Å². The van der Waals surface area contributed by atoms with Crippen LogP contribution in [0.5, 0.6) is 0 Å². The number of hydrogen-bond donors (Lipinski definition) is 3. The van der Waals surface area contributed by atoms with Gasteiger partial charge in [0.15, 0.2) is 0 Å². The van der Waals surface area contributed by atoms with E-state index < -0.39 is 48.3 Å². The number of rotatable bonds is 9. The number of amides is 2. The van der Waals surface area contributed by atoms with Crippen LogP contribution < -0.4 is 10.6 Å². The number of carbonyl (C=O) groups is 3. The number of halogens is 2. The average molecular weight is 487 g/mol. The topological polar surface area (TPSA) is 105 Å². The molecule has 0 radical (unpaired) electrons. The summed E-state index contributed by atoms with van der Waals surface area (Å²) in [5, 5.41) is 13.8. The van der Waals surface area contributed by atoms with Crippen molar-refractivity contribution in [2.24, 2.45) is 17.8 Å². The number of carboxylic acid groups (broad SMARTS) is 1. The lowest BCUT2D eigenvalue weighted by Crippen LogP contribution is -2.51. The summed E-state index contributed by atoms with van der Waals surface area (Å²) in [5.74, 6) is -9.31. The lowest BCUT2D eigenvalue weighted by molar-refractivity contribution is -0.141. The third kappa shape index (κ3) is 4.72. The molecular formula is C26H28F2N2O5. The number of alkyl halides is 2. The van der Waals surface area contributed by atoms with Crippen LogP contribution in [0.2, 0.25) is 0 Å². The first-order chi connectivity index (χ1) is 16.7. The van der Waals surface area contributed by atoms with Crippen molar-refractivity contribution in [1.29, 1.82) is 0 Å². The predicted octanol–water partition coefficient (Wildman–Crippen LogP) is 4.02. The largest absolute Gasteiger partial charge is 0.481 e. The van der Waals surface area contributed by atoms with Gasteiger partial charge in [0, 0.05) is 12.5 Å². The molecule has 0 bridgehead atoms. The molecule has 2 aliphatic rings. The first-order valence-corrected chi connectivity index (χ1v) is 11.7. The maximum absolute atomic E-state index is 13.6. The molecule has 0 saturated heterocycles. The minimum Gasteiger partial charge on any atom is -0.481 e. The van der Waals surface area contributed by atoms with Gasteiger partial charge in [0.1, 0.15) is 18.6 Å². The molecule has 0 aliphatic heterocycles. The molecule has 2 aromatic carbocycles. The molecular weight excluding hydrogens is 458 g/mol. The van der Waals surface area contributed by atoms with Crippen molar-refractivity contribution in [1.82, 2.24) is 10.6 Å². The number of hydrogen-bond acceptors (Lipinski definition) is 4. The number of alkyl carbamates (subject to hydrolysis) is 1. The lowest BCUT2D eigenvalue weighted by Gasteiger charge is -2.24. The molecule has 2 aliphatic carbocycles. The second kappa shape index (κ2) is 9.64. The van der Waals surface area contributed by atoms with Crippen LogP contribution in [0.3, 0.4) is 0 Å². The van der Waals surface area contributed by atoms with E-state index in [0.29, 0.717) is 6.42 Å².